The second-order valence-corrected chi connectivity index (χ2v) is 5.17. The molecule has 0 spiro atoms. The fourth-order valence-corrected chi connectivity index (χ4v) is 2.50. The van der Waals surface area contributed by atoms with Crippen LogP contribution in [0.15, 0.2) is 42.1 Å². The number of anilines is 2. The van der Waals surface area contributed by atoms with Crippen molar-refractivity contribution in [3.63, 3.8) is 0 Å². The SMILES string of the molecule is NC(=O)C1=CN(c2ccc(O)cc2)c2cc(O)c(O)c(O)c2C1. The summed E-state index contributed by atoms with van der Waals surface area (Å²) in [5, 5.41) is 38.9. The molecular weight excluding hydrogens is 300 g/mol. The number of carbonyl (C=O) groups is 1. The van der Waals surface area contributed by atoms with E-state index in [-0.39, 0.29) is 23.3 Å². The summed E-state index contributed by atoms with van der Waals surface area (Å²) in [6, 6.07) is 7.40. The van der Waals surface area contributed by atoms with Crippen molar-refractivity contribution in [3.05, 3.63) is 47.7 Å². The van der Waals surface area contributed by atoms with Crippen LogP contribution in [0.4, 0.5) is 11.4 Å². The molecule has 118 valence electrons. The summed E-state index contributed by atoms with van der Waals surface area (Å²) in [4.78, 5) is 13.1. The van der Waals surface area contributed by atoms with Gasteiger partial charge in [0.1, 0.15) is 5.75 Å². The van der Waals surface area contributed by atoms with E-state index in [2.05, 4.69) is 0 Å². The molecule has 1 amide bonds. The van der Waals surface area contributed by atoms with Crippen LogP contribution in [-0.2, 0) is 11.2 Å². The predicted octanol–water partition coefficient (Wildman–Crippen LogP) is 1.57. The molecule has 0 saturated carbocycles. The summed E-state index contributed by atoms with van der Waals surface area (Å²) in [7, 11) is 0. The van der Waals surface area contributed by atoms with Gasteiger partial charge >= 0.3 is 0 Å². The lowest BCUT2D eigenvalue weighted by Gasteiger charge is -2.29. The van der Waals surface area contributed by atoms with Crippen LogP contribution in [0, 0.1) is 0 Å². The highest BCUT2D eigenvalue weighted by Crippen LogP contribution is 2.47. The number of amides is 1. The number of rotatable bonds is 2. The minimum absolute atomic E-state index is 0.0267. The number of hydrogen-bond acceptors (Lipinski definition) is 6. The Morgan fingerprint density at radius 3 is 2.30 bits per heavy atom. The van der Waals surface area contributed by atoms with E-state index in [1.54, 1.807) is 12.1 Å². The maximum atomic E-state index is 11.6. The Balaban J connectivity index is 2.23. The highest BCUT2D eigenvalue weighted by molar-refractivity contribution is 5.95. The number of fused-ring (bicyclic) bond motifs is 1. The van der Waals surface area contributed by atoms with Gasteiger partial charge in [-0.2, -0.15) is 0 Å². The van der Waals surface area contributed by atoms with Crippen molar-refractivity contribution in [3.8, 4) is 23.0 Å². The minimum Gasteiger partial charge on any atom is -0.508 e. The van der Waals surface area contributed by atoms with Gasteiger partial charge < -0.3 is 31.1 Å². The van der Waals surface area contributed by atoms with Gasteiger partial charge in [0.25, 0.3) is 0 Å². The smallest absolute Gasteiger partial charge is 0.246 e. The van der Waals surface area contributed by atoms with E-state index in [9.17, 15) is 25.2 Å². The van der Waals surface area contributed by atoms with Gasteiger partial charge in [-0.25, -0.2) is 0 Å². The van der Waals surface area contributed by atoms with Gasteiger partial charge in [0.05, 0.1) is 5.69 Å². The summed E-state index contributed by atoms with van der Waals surface area (Å²) in [5.74, 6) is -2.23. The van der Waals surface area contributed by atoms with E-state index < -0.39 is 23.2 Å². The average Bonchev–Trinajstić information content (AvgIpc) is 2.53. The van der Waals surface area contributed by atoms with E-state index in [0.29, 0.717) is 11.4 Å². The molecule has 2 aromatic carbocycles. The number of nitrogens with two attached hydrogens (primary N) is 1. The molecule has 3 rings (SSSR count). The van der Waals surface area contributed by atoms with Crippen LogP contribution in [-0.4, -0.2) is 26.3 Å². The number of phenols is 4. The molecule has 1 aliphatic rings. The molecule has 0 unspecified atom stereocenters. The van der Waals surface area contributed by atoms with Crippen molar-refractivity contribution in [1.82, 2.24) is 0 Å². The number of hydrogen-bond donors (Lipinski definition) is 5. The monoisotopic (exact) mass is 314 g/mol. The molecule has 23 heavy (non-hydrogen) atoms. The zero-order valence-corrected chi connectivity index (χ0v) is 11.9. The first-order valence-corrected chi connectivity index (χ1v) is 6.74. The van der Waals surface area contributed by atoms with Crippen molar-refractivity contribution in [2.45, 2.75) is 6.42 Å². The molecule has 0 radical (unpaired) electrons. The standard InChI is InChI=1S/C16H14N2O5/c17-16(23)8-5-11-12(6-13(20)15(22)14(11)21)18(7-8)9-1-3-10(19)4-2-9/h1-4,6-7,19-22H,5H2,(H2,17,23). The zero-order valence-electron chi connectivity index (χ0n) is 11.9. The Labute approximate surface area is 131 Å². The van der Waals surface area contributed by atoms with Crippen LogP contribution in [0.25, 0.3) is 0 Å². The zero-order chi connectivity index (χ0) is 16.7. The van der Waals surface area contributed by atoms with Gasteiger partial charge in [-0.05, 0) is 24.3 Å². The van der Waals surface area contributed by atoms with E-state index in [1.807, 2.05) is 0 Å². The average molecular weight is 314 g/mol. The molecule has 0 atom stereocenters. The molecule has 0 bridgehead atoms. The second-order valence-electron chi connectivity index (χ2n) is 5.17. The van der Waals surface area contributed by atoms with Crippen LogP contribution in [0.3, 0.4) is 0 Å². The van der Waals surface area contributed by atoms with Crippen LogP contribution in [0.1, 0.15) is 5.56 Å². The molecule has 1 heterocycles. The third kappa shape index (κ3) is 2.38. The summed E-state index contributed by atoms with van der Waals surface area (Å²) in [6.07, 6.45) is 1.52. The van der Waals surface area contributed by atoms with E-state index in [1.165, 1.54) is 29.3 Å². The molecule has 1 aliphatic heterocycles. The van der Waals surface area contributed by atoms with Crippen molar-refractivity contribution >= 4 is 17.3 Å². The number of phenolic OH excluding ortho intramolecular Hbond substituents is 4. The van der Waals surface area contributed by atoms with Gasteiger partial charge in [-0.3, -0.25) is 4.79 Å². The molecule has 0 aliphatic carbocycles. The number of nitrogens with zero attached hydrogens (tertiary/aromatic N) is 1. The van der Waals surface area contributed by atoms with Gasteiger partial charge in [-0.15, -0.1) is 0 Å². The minimum atomic E-state index is -0.661. The lowest BCUT2D eigenvalue weighted by Crippen LogP contribution is -2.24. The maximum absolute atomic E-state index is 11.6. The Bertz CT molecular complexity index is 827. The quantitative estimate of drug-likeness (QED) is 0.535. The molecular formula is C16H14N2O5. The summed E-state index contributed by atoms with van der Waals surface area (Å²) in [6.45, 7) is 0. The first-order valence-electron chi connectivity index (χ1n) is 6.74. The number of aromatic hydroxyl groups is 4. The molecule has 0 fully saturated rings. The summed E-state index contributed by atoms with van der Waals surface area (Å²) in [5.41, 5.74) is 6.81. The second kappa shape index (κ2) is 5.13. The van der Waals surface area contributed by atoms with Crippen molar-refractivity contribution < 1.29 is 25.2 Å². The Morgan fingerprint density at radius 1 is 1.04 bits per heavy atom. The van der Waals surface area contributed by atoms with Crippen molar-refractivity contribution in [1.29, 1.82) is 0 Å². The van der Waals surface area contributed by atoms with Gasteiger partial charge in [-0.1, -0.05) is 0 Å². The van der Waals surface area contributed by atoms with E-state index in [0.717, 1.165) is 0 Å². The Morgan fingerprint density at radius 2 is 1.70 bits per heavy atom. The summed E-state index contributed by atoms with van der Waals surface area (Å²) >= 11 is 0. The third-order valence-electron chi connectivity index (χ3n) is 3.69. The largest absolute Gasteiger partial charge is 0.508 e. The molecule has 6 N–H and O–H groups in total. The number of primary amides is 1. The molecule has 0 aromatic heterocycles. The molecule has 7 nitrogen and oxygen atoms in total. The highest BCUT2D eigenvalue weighted by Gasteiger charge is 2.27. The highest BCUT2D eigenvalue weighted by atomic mass is 16.3. The molecule has 7 heteroatoms. The van der Waals surface area contributed by atoms with Crippen molar-refractivity contribution in [2.24, 2.45) is 5.73 Å². The van der Waals surface area contributed by atoms with Crippen LogP contribution in [0.2, 0.25) is 0 Å². The number of carbonyl (C=O) groups excluding carboxylic acids is 1. The van der Waals surface area contributed by atoms with E-state index >= 15 is 0 Å². The Kier molecular flexibility index (Phi) is 3.25. The predicted molar refractivity (Wildman–Crippen MR) is 82.7 cm³/mol. The normalized spacial score (nSPS) is 13.4. The topological polar surface area (TPSA) is 127 Å². The van der Waals surface area contributed by atoms with Crippen LogP contribution >= 0.6 is 0 Å². The Hall–Kier alpha value is -3.35. The summed E-state index contributed by atoms with van der Waals surface area (Å²) < 4.78 is 0. The van der Waals surface area contributed by atoms with Crippen LogP contribution in [0.5, 0.6) is 23.0 Å². The van der Waals surface area contributed by atoms with Gasteiger partial charge in [0.15, 0.2) is 11.5 Å². The van der Waals surface area contributed by atoms with Gasteiger partial charge in [0.2, 0.25) is 11.7 Å². The number of benzene rings is 2. The fourth-order valence-electron chi connectivity index (χ4n) is 2.50. The molecule has 2 aromatic rings. The maximum Gasteiger partial charge on any atom is 0.246 e. The molecule has 0 saturated heterocycles. The van der Waals surface area contributed by atoms with Crippen molar-refractivity contribution in [2.75, 3.05) is 4.90 Å². The van der Waals surface area contributed by atoms with Gasteiger partial charge in [0, 0.05) is 35.5 Å². The van der Waals surface area contributed by atoms with Crippen LogP contribution < -0.4 is 10.6 Å². The lowest BCUT2D eigenvalue weighted by molar-refractivity contribution is -0.114. The van der Waals surface area contributed by atoms with E-state index in [4.69, 9.17) is 5.73 Å². The lowest BCUT2D eigenvalue weighted by atomic mass is 9.96. The first kappa shape index (κ1) is 14.6. The third-order valence-corrected chi connectivity index (χ3v) is 3.69. The fraction of sp³-hybridized carbons (Fsp3) is 0.0625. The first-order chi connectivity index (χ1) is 10.9.